The van der Waals surface area contributed by atoms with Gasteiger partial charge in [-0.3, -0.25) is 14.5 Å². The summed E-state index contributed by atoms with van der Waals surface area (Å²) in [6.07, 6.45) is 7.66. The van der Waals surface area contributed by atoms with Crippen molar-refractivity contribution in [3.8, 4) is 0 Å². The van der Waals surface area contributed by atoms with Gasteiger partial charge in [-0.15, -0.1) is 0 Å². The Hall–Kier alpha value is -2.57. The zero-order chi connectivity index (χ0) is 36.8. The number of esters is 2. The standard InChI is InChI=1S/C39H56ClNO9/c1-9-31(46-8)26(4)35-36(50-35)37-39(7,47-23-41(37)22-28-13-15-29(40)16-14-28)19-10-11-24(2)34-25(3)12-17-32(48-27(5)42)38(6,45)20-18-30(43)21-33(44)49-34/h10-17,19,25-26,30-32,34-37,43,45H,9,18,20-23H2,1-8H3/b17-12+,19-10+,24-11+/t25-,26+,30+,31-,32-,34+,35+,36-,37?,38+,39?/m0/s1. The van der Waals surface area contributed by atoms with E-state index in [-0.39, 0.29) is 55.5 Å². The van der Waals surface area contributed by atoms with Gasteiger partial charge in [0.05, 0.1) is 30.8 Å². The SMILES string of the molecule is CC[C@H](OC)[C@@H](C)[C@H]1O[C@@H]1C1N(Cc2ccc(Cl)cc2)COC1(C)/C=C/C=C(\C)[C@H]1OC(=O)C[C@H](O)CC[C@@](C)(O)[C@@H](OC(C)=O)/C=C/[C@@H]1C. The maximum Gasteiger partial charge on any atom is 0.309 e. The second kappa shape index (κ2) is 17.3. The number of hydrogen-bond donors (Lipinski definition) is 2. The smallest absolute Gasteiger partial charge is 0.309 e. The van der Waals surface area contributed by atoms with Gasteiger partial charge in [0.15, 0.2) is 0 Å². The Morgan fingerprint density at radius 2 is 1.90 bits per heavy atom. The Morgan fingerprint density at radius 3 is 2.54 bits per heavy atom. The van der Waals surface area contributed by atoms with Gasteiger partial charge in [0.2, 0.25) is 0 Å². The highest BCUT2D eigenvalue weighted by Crippen LogP contribution is 2.45. The van der Waals surface area contributed by atoms with Crippen LogP contribution in [0.25, 0.3) is 0 Å². The quantitative estimate of drug-likeness (QED) is 0.123. The van der Waals surface area contributed by atoms with Gasteiger partial charge in [0.1, 0.15) is 36.2 Å². The van der Waals surface area contributed by atoms with E-state index in [4.69, 9.17) is 35.3 Å². The van der Waals surface area contributed by atoms with E-state index < -0.39 is 41.5 Å². The summed E-state index contributed by atoms with van der Waals surface area (Å²) in [5.41, 5.74) is -0.245. The number of aliphatic hydroxyl groups is 2. The molecule has 2 unspecified atom stereocenters. The molecular formula is C39H56ClNO9. The molecule has 0 aromatic heterocycles. The fourth-order valence-corrected chi connectivity index (χ4v) is 7.42. The van der Waals surface area contributed by atoms with Gasteiger partial charge in [-0.2, -0.15) is 0 Å². The number of carbonyl (C=O) groups is 2. The van der Waals surface area contributed by atoms with Gasteiger partial charge in [-0.1, -0.05) is 68.8 Å². The lowest BCUT2D eigenvalue weighted by Gasteiger charge is -2.32. The Kier molecular flexibility index (Phi) is 13.9. The second-order valence-corrected chi connectivity index (χ2v) is 15.0. The molecule has 3 aliphatic heterocycles. The van der Waals surface area contributed by atoms with E-state index in [1.807, 2.05) is 56.3 Å². The van der Waals surface area contributed by atoms with E-state index in [2.05, 4.69) is 25.7 Å². The summed E-state index contributed by atoms with van der Waals surface area (Å²) in [6, 6.07) is 7.75. The first-order chi connectivity index (χ1) is 23.6. The van der Waals surface area contributed by atoms with Crippen molar-refractivity contribution in [3.63, 3.8) is 0 Å². The number of carbonyl (C=O) groups excluding carboxylic acids is 2. The summed E-state index contributed by atoms with van der Waals surface area (Å²) in [6.45, 7) is 14.1. The third-order valence-corrected chi connectivity index (χ3v) is 10.6. The first-order valence-electron chi connectivity index (χ1n) is 17.7. The monoisotopic (exact) mass is 717 g/mol. The molecule has 2 saturated heterocycles. The lowest BCUT2D eigenvalue weighted by molar-refractivity contribution is -0.157. The van der Waals surface area contributed by atoms with Crippen LogP contribution < -0.4 is 0 Å². The van der Waals surface area contributed by atoms with Crippen molar-refractivity contribution < 1.29 is 43.5 Å². The van der Waals surface area contributed by atoms with Crippen LogP contribution in [-0.4, -0.2) is 94.8 Å². The van der Waals surface area contributed by atoms with Gasteiger partial charge >= 0.3 is 11.9 Å². The summed E-state index contributed by atoms with van der Waals surface area (Å²) in [5, 5.41) is 22.4. The summed E-state index contributed by atoms with van der Waals surface area (Å²) in [5.74, 6) is -1.20. The average molecular weight is 718 g/mol. The van der Waals surface area contributed by atoms with Crippen LogP contribution in [0.4, 0.5) is 0 Å². The lowest BCUT2D eigenvalue weighted by atomic mass is 9.86. The number of rotatable bonds is 11. The van der Waals surface area contributed by atoms with Crippen LogP contribution in [0.1, 0.15) is 79.7 Å². The molecule has 3 aliphatic rings. The second-order valence-electron chi connectivity index (χ2n) is 14.6. The molecule has 2 fully saturated rings. The highest BCUT2D eigenvalue weighted by Gasteiger charge is 2.59. The Balaban J connectivity index is 1.59. The molecule has 0 aliphatic carbocycles. The molecular weight excluding hydrogens is 662 g/mol. The zero-order valence-electron chi connectivity index (χ0n) is 30.7. The maximum absolute atomic E-state index is 12.9. The van der Waals surface area contributed by atoms with Crippen molar-refractivity contribution in [2.24, 2.45) is 11.8 Å². The number of halogens is 1. The number of benzene rings is 1. The average Bonchev–Trinajstić information content (AvgIpc) is 3.77. The first-order valence-corrected chi connectivity index (χ1v) is 18.1. The Morgan fingerprint density at radius 1 is 1.20 bits per heavy atom. The van der Waals surface area contributed by atoms with Crippen LogP contribution >= 0.6 is 11.6 Å². The van der Waals surface area contributed by atoms with Crippen LogP contribution in [0.3, 0.4) is 0 Å². The third-order valence-electron chi connectivity index (χ3n) is 10.4. The predicted octanol–water partition coefficient (Wildman–Crippen LogP) is 5.92. The van der Waals surface area contributed by atoms with Crippen LogP contribution in [-0.2, 0) is 39.8 Å². The zero-order valence-corrected chi connectivity index (χ0v) is 31.5. The molecule has 50 heavy (non-hydrogen) atoms. The number of ether oxygens (including phenoxy) is 5. The Bertz CT molecular complexity index is 1390. The van der Waals surface area contributed by atoms with E-state index in [9.17, 15) is 19.8 Å². The van der Waals surface area contributed by atoms with Gasteiger partial charge in [-0.25, -0.2) is 0 Å². The normalized spacial score (nSPS) is 36.3. The molecule has 10 nitrogen and oxygen atoms in total. The minimum Gasteiger partial charge on any atom is -0.457 e. The van der Waals surface area contributed by atoms with Gasteiger partial charge in [0.25, 0.3) is 0 Å². The fraction of sp³-hybridized carbons (Fsp3) is 0.641. The molecule has 11 heteroatoms. The molecule has 1 aromatic carbocycles. The topological polar surface area (TPSA) is 127 Å². The molecule has 0 bridgehead atoms. The molecule has 0 spiro atoms. The molecule has 2 N–H and O–H groups in total. The van der Waals surface area contributed by atoms with E-state index in [0.717, 1.165) is 17.6 Å². The van der Waals surface area contributed by atoms with E-state index >= 15 is 0 Å². The number of cyclic esters (lactones) is 1. The highest BCUT2D eigenvalue weighted by atomic mass is 35.5. The van der Waals surface area contributed by atoms with Crippen molar-refractivity contribution in [1.29, 1.82) is 0 Å². The number of methoxy groups -OCH3 is 1. The molecule has 278 valence electrons. The van der Waals surface area contributed by atoms with E-state index in [0.29, 0.717) is 18.3 Å². The summed E-state index contributed by atoms with van der Waals surface area (Å²) in [7, 11) is 1.75. The van der Waals surface area contributed by atoms with Crippen LogP contribution in [0.15, 0.2) is 60.2 Å². The van der Waals surface area contributed by atoms with Crippen molar-refractivity contribution in [2.75, 3.05) is 13.8 Å². The molecule has 1 aromatic rings. The van der Waals surface area contributed by atoms with Crippen LogP contribution in [0, 0.1) is 11.8 Å². The number of epoxide rings is 1. The lowest BCUT2D eigenvalue weighted by Crippen LogP contribution is -2.47. The van der Waals surface area contributed by atoms with E-state index in [1.165, 1.54) is 6.92 Å². The predicted molar refractivity (Wildman–Crippen MR) is 191 cm³/mol. The van der Waals surface area contributed by atoms with Crippen molar-refractivity contribution in [2.45, 2.75) is 135 Å². The number of allylic oxidation sites excluding steroid dienone is 2. The van der Waals surface area contributed by atoms with Gasteiger partial charge in [-0.05, 0) is 69.4 Å². The summed E-state index contributed by atoms with van der Waals surface area (Å²) >= 11 is 6.16. The van der Waals surface area contributed by atoms with Crippen LogP contribution in [0.2, 0.25) is 5.02 Å². The molecule has 0 amide bonds. The van der Waals surface area contributed by atoms with Gasteiger partial charge in [0, 0.05) is 37.4 Å². The summed E-state index contributed by atoms with van der Waals surface area (Å²) < 4.78 is 30.0. The van der Waals surface area contributed by atoms with E-state index in [1.54, 1.807) is 26.2 Å². The van der Waals surface area contributed by atoms with Crippen molar-refractivity contribution in [1.82, 2.24) is 4.90 Å². The Labute approximate surface area is 302 Å². The summed E-state index contributed by atoms with van der Waals surface area (Å²) in [4.78, 5) is 27.1. The highest BCUT2D eigenvalue weighted by molar-refractivity contribution is 6.30. The number of aliphatic hydroxyl groups excluding tert-OH is 1. The first kappa shape index (κ1) is 40.2. The molecule has 11 atom stereocenters. The van der Waals surface area contributed by atoms with Gasteiger partial charge < -0.3 is 33.9 Å². The molecule has 0 saturated carbocycles. The fourth-order valence-electron chi connectivity index (χ4n) is 7.29. The third kappa shape index (κ3) is 10.3. The van der Waals surface area contributed by atoms with Crippen molar-refractivity contribution >= 4 is 23.5 Å². The molecule has 3 heterocycles. The van der Waals surface area contributed by atoms with Crippen molar-refractivity contribution in [3.05, 3.63) is 70.8 Å². The minimum atomic E-state index is -1.44. The number of nitrogens with zero attached hydrogens (tertiary/aromatic N) is 1. The molecule has 4 rings (SSSR count). The minimum absolute atomic E-state index is 0.0273. The van der Waals surface area contributed by atoms with Crippen LogP contribution in [0.5, 0.6) is 0 Å². The molecule has 0 radical (unpaired) electrons. The number of hydrogen-bond acceptors (Lipinski definition) is 10. The maximum atomic E-state index is 12.9. The largest absolute Gasteiger partial charge is 0.457 e.